The lowest BCUT2D eigenvalue weighted by Crippen LogP contribution is -2.64. The first-order chi connectivity index (χ1) is 12.2. The van der Waals surface area contributed by atoms with Gasteiger partial charge in [-0.25, -0.2) is 8.42 Å². The molecule has 0 radical (unpaired) electrons. The number of para-hydroxylation sites is 1. The van der Waals surface area contributed by atoms with Crippen molar-refractivity contribution >= 4 is 15.7 Å². The lowest BCUT2D eigenvalue weighted by molar-refractivity contribution is -0.159. The zero-order valence-corrected chi connectivity index (χ0v) is 15.8. The van der Waals surface area contributed by atoms with Crippen molar-refractivity contribution in [2.24, 2.45) is 0 Å². The highest BCUT2D eigenvalue weighted by Gasteiger charge is 2.56. The summed E-state index contributed by atoms with van der Waals surface area (Å²) in [6.07, 6.45) is 0.446. The van der Waals surface area contributed by atoms with Crippen LogP contribution >= 0.6 is 0 Å². The second kappa shape index (κ2) is 5.58. The predicted octanol–water partition coefficient (Wildman–Crippen LogP) is 2.89. The molecule has 2 heterocycles. The number of likely N-dealkylation sites (tertiary alicyclic amines) is 1. The summed E-state index contributed by atoms with van der Waals surface area (Å²) in [6.45, 7) is 3.73. The van der Waals surface area contributed by atoms with Crippen molar-refractivity contribution in [3.8, 4) is 5.75 Å². The third kappa shape index (κ3) is 2.35. The Balaban J connectivity index is 1.89. The third-order valence-electron chi connectivity index (χ3n) is 5.58. The number of carbonyl (C=O) groups is 1. The molecule has 2 aromatic carbocycles. The zero-order chi connectivity index (χ0) is 18.7. The lowest BCUT2D eigenvalue weighted by Gasteiger charge is -2.51. The first-order valence-corrected chi connectivity index (χ1v) is 10.1. The van der Waals surface area contributed by atoms with Gasteiger partial charge in [-0.15, -0.1) is 0 Å². The van der Waals surface area contributed by atoms with Gasteiger partial charge in [0.05, 0.1) is 4.90 Å². The van der Waals surface area contributed by atoms with E-state index >= 15 is 0 Å². The first-order valence-electron chi connectivity index (χ1n) is 8.60. The number of piperidine rings is 1. The molecule has 2 aromatic rings. The molecule has 0 spiro atoms. The molecule has 2 aliphatic rings. The van der Waals surface area contributed by atoms with E-state index in [4.69, 9.17) is 4.74 Å². The third-order valence-corrected chi connectivity index (χ3v) is 7.71. The number of rotatable bonds is 2. The van der Waals surface area contributed by atoms with E-state index in [1.807, 2.05) is 38.1 Å². The quantitative estimate of drug-likeness (QED) is 0.814. The van der Waals surface area contributed by atoms with Crippen LogP contribution in [0.15, 0.2) is 53.4 Å². The van der Waals surface area contributed by atoms with Gasteiger partial charge in [-0.2, -0.15) is 0 Å². The van der Waals surface area contributed by atoms with Gasteiger partial charge in [0.2, 0.25) is 5.91 Å². The Hall–Kier alpha value is -2.34. The number of carbonyl (C=O) groups excluding carboxylic acids is 1. The molecule has 5 nitrogen and oxygen atoms in total. The fourth-order valence-corrected chi connectivity index (χ4v) is 5.88. The predicted molar refractivity (Wildman–Crippen MR) is 97.8 cm³/mol. The first kappa shape index (κ1) is 17.1. The average Bonchev–Trinajstić information content (AvgIpc) is 2.60. The van der Waals surface area contributed by atoms with Gasteiger partial charge < -0.3 is 9.64 Å². The number of benzene rings is 2. The molecule has 1 amide bonds. The van der Waals surface area contributed by atoms with Crippen molar-refractivity contribution in [3.63, 3.8) is 0 Å². The van der Waals surface area contributed by atoms with E-state index in [9.17, 15) is 13.2 Å². The minimum atomic E-state index is -3.83. The Morgan fingerprint density at radius 2 is 1.77 bits per heavy atom. The number of ether oxygens (including phenoxy) is 1. The van der Waals surface area contributed by atoms with E-state index in [0.717, 1.165) is 11.1 Å². The highest BCUT2D eigenvalue weighted by molar-refractivity contribution is 7.92. The van der Waals surface area contributed by atoms with Crippen LogP contribution in [0.25, 0.3) is 0 Å². The van der Waals surface area contributed by atoms with Crippen molar-refractivity contribution in [2.45, 2.75) is 42.1 Å². The molecule has 2 bridgehead atoms. The van der Waals surface area contributed by atoms with Crippen LogP contribution in [-0.4, -0.2) is 37.2 Å². The summed E-state index contributed by atoms with van der Waals surface area (Å²) in [7, 11) is -2.21. The van der Waals surface area contributed by atoms with Crippen molar-refractivity contribution in [2.75, 3.05) is 7.05 Å². The van der Waals surface area contributed by atoms with Gasteiger partial charge in [0, 0.05) is 19.4 Å². The normalized spacial score (nSPS) is 27.7. The van der Waals surface area contributed by atoms with Gasteiger partial charge in [0.15, 0.2) is 20.8 Å². The molecule has 26 heavy (non-hydrogen) atoms. The van der Waals surface area contributed by atoms with Crippen LogP contribution in [-0.2, 0) is 14.6 Å². The fourth-order valence-electron chi connectivity index (χ4n) is 3.97. The summed E-state index contributed by atoms with van der Waals surface area (Å²) in [5, 5.41) is -1.15. The van der Waals surface area contributed by atoms with Crippen LogP contribution in [0, 0.1) is 6.92 Å². The molecule has 0 saturated carbocycles. The number of hydrogen-bond acceptors (Lipinski definition) is 4. The van der Waals surface area contributed by atoms with Crippen LogP contribution < -0.4 is 4.74 Å². The summed E-state index contributed by atoms with van der Waals surface area (Å²) < 4.78 is 32.8. The number of hydrogen-bond donors (Lipinski definition) is 0. The lowest BCUT2D eigenvalue weighted by atomic mass is 9.80. The molecule has 3 atom stereocenters. The molecule has 4 rings (SSSR count). The highest BCUT2D eigenvalue weighted by atomic mass is 32.2. The summed E-state index contributed by atoms with van der Waals surface area (Å²) in [6, 6.07) is 14.1. The molecular formula is C20H21NO4S. The average molecular weight is 371 g/mol. The van der Waals surface area contributed by atoms with Gasteiger partial charge in [-0.05, 0) is 37.6 Å². The van der Waals surface area contributed by atoms with Gasteiger partial charge in [-0.3, -0.25) is 4.79 Å². The van der Waals surface area contributed by atoms with Gasteiger partial charge in [-0.1, -0.05) is 35.9 Å². The maximum atomic E-state index is 13.4. The topological polar surface area (TPSA) is 63.7 Å². The molecule has 6 heteroatoms. The van der Waals surface area contributed by atoms with E-state index in [1.165, 1.54) is 4.90 Å². The van der Waals surface area contributed by atoms with Crippen LogP contribution in [0.5, 0.6) is 5.75 Å². The number of sulfone groups is 1. The van der Waals surface area contributed by atoms with E-state index in [2.05, 4.69) is 0 Å². The summed E-state index contributed by atoms with van der Waals surface area (Å²) in [5.41, 5.74) is 0.919. The summed E-state index contributed by atoms with van der Waals surface area (Å²) in [5.74, 6) is -0.200. The van der Waals surface area contributed by atoms with Crippen LogP contribution in [0.4, 0.5) is 0 Å². The van der Waals surface area contributed by atoms with Crippen LogP contribution in [0.1, 0.15) is 30.4 Å². The van der Waals surface area contributed by atoms with Crippen molar-refractivity contribution in [1.29, 1.82) is 0 Å². The van der Waals surface area contributed by atoms with E-state index < -0.39 is 32.6 Å². The van der Waals surface area contributed by atoms with Gasteiger partial charge >= 0.3 is 0 Å². The van der Waals surface area contributed by atoms with E-state index in [1.54, 1.807) is 31.3 Å². The number of amides is 1. The summed E-state index contributed by atoms with van der Waals surface area (Å²) in [4.78, 5) is 14.7. The minimum absolute atomic E-state index is 0.183. The second-order valence-electron chi connectivity index (χ2n) is 7.30. The number of fused-ring (bicyclic) bond motifs is 4. The van der Waals surface area contributed by atoms with Crippen LogP contribution in [0.2, 0.25) is 0 Å². The molecule has 0 unspecified atom stereocenters. The Bertz CT molecular complexity index is 983. The molecular weight excluding hydrogens is 350 g/mol. The molecule has 0 N–H and O–H groups in total. The summed E-state index contributed by atoms with van der Waals surface area (Å²) >= 11 is 0. The van der Waals surface area contributed by atoms with Crippen molar-refractivity contribution in [1.82, 2.24) is 4.90 Å². The van der Waals surface area contributed by atoms with Gasteiger partial charge in [0.1, 0.15) is 5.75 Å². The minimum Gasteiger partial charge on any atom is -0.468 e. The van der Waals surface area contributed by atoms with Crippen LogP contribution in [0.3, 0.4) is 0 Å². The molecule has 0 aromatic heterocycles. The maximum Gasteiger partial charge on any atom is 0.244 e. The fraction of sp³-hybridized carbons (Fsp3) is 0.350. The van der Waals surface area contributed by atoms with E-state index in [0.29, 0.717) is 12.2 Å². The Kier molecular flexibility index (Phi) is 3.67. The Morgan fingerprint density at radius 1 is 1.12 bits per heavy atom. The van der Waals surface area contributed by atoms with Crippen molar-refractivity contribution < 1.29 is 17.9 Å². The SMILES string of the molecule is Cc1ccc(S(=O)(=O)[C@H]2C(=O)N(C)[C@@]3(C)C[C@@H]2c2ccccc2O3)cc1. The Labute approximate surface area is 153 Å². The largest absolute Gasteiger partial charge is 0.468 e. The van der Waals surface area contributed by atoms with E-state index in [-0.39, 0.29) is 4.90 Å². The molecule has 136 valence electrons. The Morgan fingerprint density at radius 3 is 2.46 bits per heavy atom. The smallest absolute Gasteiger partial charge is 0.244 e. The number of aryl methyl sites for hydroxylation is 1. The molecule has 0 aliphatic carbocycles. The maximum absolute atomic E-state index is 13.4. The highest BCUT2D eigenvalue weighted by Crippen LogP contribution is 2.49. The van der Waals surface area contributed by atoms with Crippen molar-refractivity contribution in [3.05, 3.63) is 59.7 Å². The molecule has 2 aliphatic heterocycles. The standard InChI is InChI=1S/C20H21NO4S/c1-13-8-10-14(11-9-13)26(23,24)18-16-12-20(2,21(3)19(18)22)25-17-7-5-4-6-15(16)17/h4-11,16,18H,12H2,1-3H3/t16-,18-,20-/m1/s1. The van der Waals surface area contributed by atoms with Gasteiger partial charge in [0.25, 0.3) is 0 Å². The molecule has 1 fully saturated rings. The number of nitrogens with zero attached hydrogens (tertiary/aromatic N) is 1. The molecule has 1 saturated heterocycles. The monoisotopic (exact) mass is 371 g/mol. The zero-order valence-electron chi connectivity index (χ0n) is 15.0. The second-order valence-corrected chi connectivity index (χ2v) is 9.37.